The SMILES string of the molecule is N=S(=O)=O.c1ccc2ccccc2c1. The van der Waals surface area contributed by atoms with Crippen LogP contribution in [0.25, 0.3) is 10.8 Å². The van der Waals surface area contributed by atoms with E-state index < -0.39 is 10.5 Å². The van der Waals surface area contributed by atoms with Crippen molar-refractivity contribution in [2.75, 3.05) is 0 Å². The molecule has 0 heterocycles. The van der Waals surface area contributed by atoms with Crippen molar-refractivity contribution in [2.24, 2.45) is 0 Å². The van der Waals surface area contributed by atoms with Crippen molar-refractivity contribution in [1.29, 1.82) is 4.78 Å². The lowest BCUT2D eigenvalue weighted by Crippen LogP contribution is -1.67. The fourth-order valence-electron chi connectivity index (χ4n) is 1.13. The Balaban J connectivity index is 0.000000213. The lowest BCUT2D eigenvalue weighted by molar-refractivity contribution is 0.620. The second-order valence-corrected chi connectivity index (χ2v) is 3.05. The number of fused-ring (bicyclic) bond motifs is 1. The van der Waals surface area contributed by atoms with Gasteiger partial charge in [-0.1, -0.05) is 48.5 Å². The van der Waals surface area contributed by atoms with Crippen LogP contribution in [0, 0.1) is 4.78 Å². The van der Waals surface area contributed by atoms with Gasteiger partial charge in [0.25, 0.3) is 0 Å². The zero-order valence-corrected chi connectivity index (χ0v) is 8.16. The summed E-state index contributed by atoms with van der Waals surface area (Å²) in [6.07, 6.45) is 0. The minimum Gasteiger partial charge on any atom is -0.188 e. The molecule has 0 amide bonds. The highest BCUT2D eigenvalue weighted by Crippen LogP contribution is 2.11. The van der Waals surface area contributed by atoms with Gasteiger partial charge in [0, 0.05) is 0 Å². The summed E-state index contributed by atoms with van der Waals surface area (Å²) in [7, 11) is -2.61. The molecule has 0 spiro atoms. The summed E-state index contributed by atoms with van der Waals surface area (Å²) >= 11 is 0. The highest BCUT2D eigenvalue weighted by Gasteiger charge is 1.85. The Labute approximate surface area is 83.5 Å². The Kier molecular flexibility index (Phi) is 3.82. The molecule has 0 aliphatic carbocycles. The third-order valence-electron chi connectivity index (χ3n) is 1.66. The molecule has 0 aliphatic rings. The number of rotatable bonds is 0. The fraction of sp³-hybridized carbons (Fsp3) is 0. The maximum Gasteiger partial charge on any atom is 0.308 e. The first-order chi connectivity index (χ1) is 6.70. The molecule has 0 unspecified atom stereocenters. The second-order valence-electron chi connectivity index (χ2n) is 2.58. The van der Waals surface area contributed by atoms with Crippen LogP contribution in [0.5, 0.6) is 0 Å². The van der Waals surface area contributed by atoms with Gasteiger partial charge in [-0.2, -0.15) is 13.2 Å². The van der Waals surface area contributed by atoms with Crippen molar-refractivity contribution < 1.29 is 8.42 Å². The summed E-state index contributed by atoms with van der Waals surface area (Å²) in [5, 5.41) is 2.62. The fourth-order valence-corrected chi connectivity index (χ4v) is 1.13. The number of hydrogen-bond donors (Lipinski definition) is 1. The van der Waals surface area contributed by atoms with Gasteiger partial charge in [-0.25, -0.2) is 0 Å². The van der Waals surface area contributed by atoms with E-state index >= 15 is 0 Å². The normalized spacial score (nSPS) is 8.86. The predicted molar refractivity (Wildman–Crippen MR) is 55.6 cm³/mol. The van der Waals surface area contributed by atoms with Crippen LogP contribution in [0.15, 0.2) is 48.5 Å². The maximum atomic E-state index is 8.67. The van der Waals surface area contributed by atoms with Crippen LogP contribution < -0.4 is 0 Å². The summed E-state index contributed by atoms with van der Waals surface area (Å²) in [6.45, 7) is 0. The number of nitrogens with one attached hydrogen (secondary N) is 1. The van der Waals surface area contributed by atoms with E-state index in [1.165, 1.54) is 10.8 Å². The highest BCUT2D eigenvalue weighted by atomic mass is 32.2. The Morgan fingerprint density at radius 1 is 0.786 bits per heavy atom. The molecular formula is C10H9NO2S. The summed E-state index contributed by atoms with van der Waals surface area (Å²) in [5.41, 5.74) is 0. The van der Waals surface area contributed by atoms with E-state index in [4.69, 9.17) is 13.2 Å². The Morgan fingerprint density at radius 3 is 1.21 bits per heavy atom. The first-order valence-corrected chi connectivity index (χ1v) is 5.02. The van der Waals surface area contributed by atoms with Crippen LogP contribution >= 0.6 is 0 Å². The van der Waals surface area contributed by atoms with E-state index in [9.17, 15) is 0 Å². The van der Waals surface area contributed by atoms with Crippen LogP contribution in [0.2, 0.25) is 0 Å². The standard InChI is InChI=1S/C10H8.HNO2S/c1-2-6-10-8-4-3-7-9(10)5-1;1-4(2)3/h1-8H;1H. The van der Waals surface area contributed by atoms with Crippen molar-refractivity contribution in [3.63, 3.8) is 0 Å². The van der Waals surface area contributed by atoms with Crippen LogP contribution in [0.3, 0.4) is 0 Å². The van der Waals surface area contributed by atoms with Gasteiger partial charge >= 0.3 is 10.5 Å². The molecule has 0 radical (unpaired) electrons. The van der Waals surface area contributed by atoms with E-state index in [2.05, 4.69) is 48.5 Å². The quantitative estimate of drug-likeness (QED) is 0.721. The highest BCUT2D eigenvalue weighted by molar-refractivity contribution is 7.60. The van der Waals surface area contributed by atoms with Crippen molar-refractivity contribution in [2.45, 2.75) is 0 Å². The molecule has 4 heteroatoms. The molecule has 3 nitrogen and oxygen atoms in total. The maximum absolute atomic E-state index is 8.67. The molecule has 14 heavy (non-hydrogen) atoms. The minimum absolute atomic E-state index is 1.31. The molecule has 1 N–H and O–H groups in total. The Hall–Kier alpha value is -1.68. The molecule has 0 fully saturated rings. The first-order valence-electron chi connectivity index (χ1n) is 3.94. The smallest absolute Gasteiger partial charge is 0.188 e. The molecule has 2 aromatic carbocycles. The van der Waals surface area contributed by atoms with Gasteiger partial charge in [-0.05, 0) is 10.8 Å². The first kappa shape index (κ1) is 10.4. The predicted octanol–water partition coefficient (Wildman–Crippen LogP) is 2.47. The van der Waals surface area contributed by atoms with Crippen LogP contribution in [-0.4, -0.2) is 8.42 Å². The van der Waals surface area contributed by atoms with E-state index in [1.54, 1.807) is 0 Å². The zero-order valence-electron chi connectivity index (χ0n) is 7.34. The Bertz CT molecular complexity index is 447. The van der Waals surface area contributed by atoms with Crippen molar-refractivity contribution in [3.8, 4) is 0 Å². The van der Waals surface area contributed by atoms with Gasteiger partial charge in [0.15, 0.2) is 0 Å². The van der Waals surface area contributed by atoms with E-state index in [1.807, 2.05) is 0 Å². The molecule has 2 aromatic rings. The molecule has 0 saturated carbocycles. The van der Waals surface area contributed by atoms with Gasteiger partial charge in [-0.3, -0.25) is 0 Å². The summed E-state index contributed by atoms with van der Waals surface area (Å²) in [4.78, 5) is 0. The number of hydrogen-bond acceptors (Lipinski definition) is 3. The van der Waals surface area contributed by atoms with Gasteiger partial charge in [0.2, 0.25) is 0 Å². The Morgan fingerprint density at radius 2 is 1.00 bits per heavy atom. The molecule has 0 bridgehead atoms. The zero-order chi connectivity index (χ0) is 10.4. The van der Waals surface area contributed by atoms with Crippen LogP contribution in [0.1, 0.15) is 0 Å². The largest absolute Gasteiger partial charge is 0.308 e. The van der Waals surface area contributed by atoms with Gasteiger partial charge in [0.05, 0.1) is 0 Å². The molecule has 2 rings (SSSR count). The third-order valence-corrected chi connectivity index (χ3v) is 1.66. The molecule has 0 atom stereocenters. The average molecular weight is 207 g/mol. The van der Waals surface area contributed by atoms with E-state index in [0.29, 0.717) is 0 Å². The molecule has 0 aliphatic heterocycles. The van der Waals surface area contributed by atoms with Crippen LogP contribution in [0.4, 0.5) is 0 Å². The molecule has 72 valence electrons. The summed E-state index contributed by atoms with van der Waals surface area (Å²) in [5.74, 6) is 0. The third kappa shape index (κ3) is 3.37. The molecule has 0 saturated heterocycles. The summed E-state index contributed by atoms with van der Waals surface area (Å²) < 4.78 is 22.8. The van der Waals surface area contributed by atoms with Crippen molar-refractivity contribution in [3.05, 3.63) is 48.5 Å². The lowest BCUT2D eigenvalue weighted by Gasteiger charge is -1.92. The molecular weight excluding hydrogens is 198 g/mol. The second kappa shape index (κ2) is 5.14. The van der Waals surface area contributed by atoms with Crippen molar-refractivity contribution in [1.82, 2.24) is 0 Å². The van der Waals surface area contributed by atoms with E-state index in [-0.39, 0.29) is 0 Å². The monoisotopic (exact) mass is 207 g/mol. The van der Waals surface area contributed by atoms with Crippen LogP contribution in [-0.2, 0) is 10.5 Å². The lowest BCUT2D eigenvalue weighted by atomic mass is 10.1. The molecule has 0 aromatic heterocycles. The summed E-state index contributed by atoms with van der Waals surface area (Å²) in [6, 6.07) is 16.7. The van der Waals surface area contributed by atoms with Gasteiger partial charge in [-0.15, -0.1) is 0 Å². The topological polar surface area (TPSA) is 58.0 Å². The van der Waals surface area contributed by atoms with Gasteiger partial charge in [0.1, 0.15) is 0 Å². The average Bonchev–Trinajstić information content (AvgIpc) is 2.17. The van der Waals surface area contributed by atoms with E-state index in [0.717, 1.165) is 0 Å². The number of benzene rings is 2. The van der Waals surface area contributed by atoms with Crippen molar-refractivity contribution >= 4 is 21.3 Å². The van der Waals surface area contributed by atoms with Gasteiger partial charge < -0.3 is 0 Å². The minimum atomic E-state index is -2.61.